The lowest BCUT2D eigenvalue weighted by atomic mass is 9.95. The molecule has 0 amide bonds. The maximum Gasteiger partial charge on any atom is 0.343 e. The number of halogens is 1. The zero-order chi connectivity index (χ0) is 28.3. The molecule has 39 heavy (non-hydrogen) atoms. The van der Waals surface area contributed by atoms with Gasteiger partial charge in [0.25, 0.3) is 5.56 Å². The lowest BCUT2D eigenvalue weighted by Crippen LogP contribution is -2.39. The molecule has 4 rings (SSSR count). The van der Waals surface area contributed by atoms with E-state index in [2.05, 4.69) is 32.3 Å². The van der Waals surface area contributed by atoms with Crippen LogP contribution in [0.4, 0.5) is 0 Å². The van der Waals surface area contributed by atoms with Crippen molar-refractivity contribution in [2.45, 2.75) is 26.8 Å². The molecule has 0 radical (unpaired) electrons. The minimum absolute atomic E-state index is 0.209. The first-order valence-corrected chi connectivity index (χ1v) is 13.9. The highest BCUT2D eigenvalue weighted by Gasteiger charge is 2.33. The first-order valence-electron chi connectivity index (χ1n) is 12.0. The van der Waals surface area contributed by atoms with Crippen LogP contribution in [0, 0.1) is 10.5 Å². The number of fused-ring (bicyclic) bond motifs is 1. The van der Waals surface area contributed by atoms with Crippen molar-refractivity contribution < 1.29 is 28.5 Å². The topological polar surface area (TPSA) is 105 Å². The van der Waals surface area contributed by atoms with Gasteiger partial charge in [-0.25, -0.2) is 14.6 Å². The largest absolute Gasteiger partial charge is 0.493 e. The van der Waals surface area contributed by atoms with Crippen molar-refractivity contribution in [2.75, 3.05) is 27.4 Å². The van der Waals surface area contributed by atoms with Crippen LogP contribution in [-0.2, 0) is 19.1 Å². The van der Waals surface area contributed by atoms with Crippen molar-refractivity contribution in [3.05, 3.63) is 87.6 Å². The minimum atomic E-state index is -0.674. The maximum atomic E-state index is 13.8. The van der Waals surface area contributed by atoms with Crippen LogP contribution in [0.1, 0.15) is 36.6 Å². The van der Waals surface area contributed by atoms with Crippen molar-refractivity contribution in [1.82, 2.24) is 4.57 Å². The summed E-state index contributed by atoms with van der Waals surface area (Å²) in [4.78, 5) is 43.5. The van der Waals surface area contributed by atoms with Gasteiger partial charge in [-0.05, 0) is 72.7 Å². The summed E-state index contributed by atoms with van der Waals surface area (Å²) in [6.07, 6.45) is 1.74. The molecule has 2 aromatic carbocycles. The van der Waals surface area contributed by atoms with Crippen molar-refractivity contribution >= 4 is 51.9 Å². The van der Waals surface area contributed by atoms with E-state index < -0.39 is 18.0 Å². The number of esters is 2. The number of nitrogens with zero attached hydrogens (tertiary/aromatic N) is 2. The van der Waals surface area contributed by atoms with Crippen LogP contribution < -0.4 is 24.4 Å². The number of hydrogen-bond donors (Lipinski definition) is 0. The van der Waals surface area contributed by atoms with Gasteiger partial charge in [-0.2, -0.15) is 0 Å². The molecule has 2 heterocycles. The molecular formula is C28H27IN2O7S. The number of methoxy groups -OCH3 is 2. The normalized spacial score (nSPS) is 14.9. The SMILES string of the molecule is CCOC(=O)C1=C(C)N=c2s/c(=C/c3cc(I)c(OCC(=O)OC)c(OC)c3)c(=O)n2[C@H]1c1ccc(C)cc1. The molecule has 0 fully saturated rings. The van der Waals surface area contributed by atoms with Crippen LogP contribution in [-0.4, -0.2) is 43.9 Å². The van der Waals surface area contributed by atoms with E-state index in [-0.39, 0.29) is 18.8 Å². The van der Waals surface area contributed by atoms with E-state index in [9.17, 15) is 14.4 Å². The fourth-order valence-corrected chi connectivity index (χ4v) is 5.99. The fraction of sp³-hybridized carbons (Fsp3) is 0.286. The third kappa shape index (κ3) is 5.93. The van der Waals surface area contributed by atoms with E-state index in [1.807, 2.05) is 37.3 Å². The second-order valence-electron chi connectivity index (χ2n) is 8.61. The summed E-state index contributed by atoms with van der Waals surface area (Å²) in [6.45, 7) is 5.42. The lowest BCUT2D eigenvalue weighted by Gasteiger charge is -2.24. The summed E-state index contributed by atoms with van der Waals surface area (Å²) < 4.78 is 23.7. The molecular weight excluding hydrogens is 635 g/mol. The van der Waals surface area contributed by atoms with Gasteiger partial charge in [0, 0.05) is 0 Å². The number of aromatic nitrogens is 1. The number of carbonyl (C=O) groups is 2. The van der Waals surface area contributed by atoms with Crippen LogP contribution in [0.2, 0.25) is 0 Å². The van der Waals surface area contributed by atoms with Gasteiger partial charge < -0.3 is 18.9 Å². The Hall–Kier alpha value is -3.45. The molecule has 9 nitrogen and oxygen atoms in total. The Bertz CT molecular complexity index is 1640. The van der Waals surface area contributed by atoms with E-state index in [1.54, 1.807) is 30.6 Å². The summed E-state index contributed by atoms with van der Waals surface area (Å²) in [5, 5.41) is 0. The lowest BCUT2D eigenvalue weighted by molar-refractivity contribution is -0.143. The smallest absolute Gasteiger partial charge is 0.343 e. The van der Waals surface area contributed by atoms with Gasteiger partial charge in [0.2, 0.25) is 0 Å². The van der Waals surface area contributed by atoms with Crippen LogP contribution in [0.3, 0.4) is 0 Å². The highest BCUT2D eigenvalue weighted by Crippen LogP contribution is 2.34. The Balaban J connectivity index is 1.85. The summed E-state index contributed by atoms with van der Waals surface area (Å²) >= 11 is 3.32. The average molecular weight is 663 g/mol. The molecule has 0 N–H and O–H groups in total. The van der Waals surface area contributed by atoms with Gasteiger partial charge in [-0.1, -0.05) is 41.2 Å². The molecule has 204 valence electrons. The van der Waals surface area contributed by atoms with Crippen LogP contribution >= 0.6 is 33.9 Å². The van der Waals surface area contributed by atoms with Crippen molar-refractivity contribution in [3.63, 3.8) is 0 Å². The number of aryl methyl sites for hydroxylation is 1. The van der Waals surface area contributed by atoms with Crippen LogP contribution in [0.15, 0.2) is 57.5 Å². The first-order chi connectivity index (χ1) is 18.7. The van der Waals surface area contributed by atoms with Gasteiger partial charge in [-0.15, -0.1) is 0 Å². The molecule has 0 bridgehead atoms. The summed E-state index contributed by atoms with van der Waals surface area (Å²) in [5.41, 5.74) is 3.11. The number of benzene rings is 2. The quantitative estimate of drug-likeness (QED) is 0.270. The average Bonchev–Trinajstić information content (AvgIpc) is 3.21. The number of thiazole rings is 1. The minimum Gasteiger partial charge on any atom is -0.493 e. The molecule has 0 aliphatic carbocycles. The third-order valence-corrected chi connectivity index (χ3v) is 7.81. The molecule has 0 spiro atoms. The molecule has 1 aromatic heterocycles. The summed E-state index contributed by atoms with van der Waals surface area (Å²) in [6, 6.07) is 10.6. The number of hydrogen-bond acceptors (Lipinski definition) is 9. The molecule has 1 aliphatic rings. The Kier molecular flexibility index (Phi) is 8.90. The molecule has 3 aromatic rings. The van der Waals surface area contributed by atoms with E-state index in [0.29, 0.717) is 41.2 Å². The van der Waals surface area contributed by atoms with Crippen LogP contribution in [0.5, 0.6) is 11.5 Å². The third-order valence-electron chi connectivity index (χ3n) is 6.02. The van der Waals surface area contributed by atoms with E-state index >= 15 is 0 Å². The molecule has 0 saturated carbocycles. The second-order valence-corrected chi connectivity index (χ2v) is 10.8. The van der Waals surface area contributed by atoms with Gasteiger partial charge in [0.15, 0.2) is 22.9 Å². The first kappa shape index (κ1) is 28.6. The zero-order valence-electron chi connectivity index (χ0n) is 22.1. The van der Waals surface area contributed by atoms with Crippen molar-refractivity contribution in [2.24, 2.45) is 4.99 Å². The molecule has 1 aliphatic heterocycles. The van der Waals surface area contributed by atoms with E-state index in [4.69, 9.17) is 14.2 Å². The molecule has 0 saturated heterocycles. The summed E-state index contributed by atoms with van der Waals surface area (Å²) in [5.74, 6) is -0.210. The predicted molar refractivity (Wildman–Crippen MR) is 155 cm³/mol. The van der Waals surface area contributed by atoms with E-state index in [0.717, 1.165) is 11.1 Å². The fourth-order valence-electron chi connectivity index (χ4n) is 4.16. The van der Waals surface area contributed by atoms with Gasteiger partial charge in [0.1, 0.15) is 0 Å². The van der Waals surface area contributed by atoms with Crippen LogP contribution in [0.25, 0.3) is 6.08 Å². The van der Waals surface area contributed by atoms with Gasteiger partial charge in [-0.3, -0.25) is 9.36 Å². The van der Waals surface area contributed by atoms with Gasteiger partial charge in [0.05, 0.1) is 46.2 Å². The predicted octanol–water partition coefficient (Wildman–Crippen LogP) is 3.27. The zero-order valence-corrected chi connectivity index (χ0v) is 25.0. The van der Waals surface area contributed by atoms with Crippen molar-refractivity contribution in [3.8, 4) is 11.5 Å². The Morgan fingerprint density at radius 2 is 1.87 bits per heavy atom. The number of allylic oxidation sites excluding steroid dienone is 1. The highest BCUT2D eigenvalue weighted by molar-refractivity contribution is 14.1. The summed E-state index contributed by atoms with van der Waals surface area (Å²) in [7, 11) is 2.78. The second kappa shape index (κ2) is 12.2. The molecule has 1 atom stereocenters. The Labute approximate surface area is 242 Å². The van der Waals surface area contributed by atoms with E-state index in [1.165, 1.54) is 25.6 Å². The van der Waals surface area contributed by atoms with Gasteiger partial charge >= 0.3 is 11.9 Å². The van der Waals surface area contributed by atoms with Crippen molar-refractivity contribution in [1.29, 1.82) is 0 Å². The molecule has 11 heteroatoms. The molecule has 0 unspecified atom stereocenters. The maximum absolute atomic E-state index is 13.8. The highest BCUT2D eigenvalue weighted by atomic mass is 127. The number of carbonyl (C=O) groups excluding carboxylic acids is 2. The number of rotatable bonds is 8. The number of ether oxygens (including phenoxy) is 4. The monoisotopic (exact) mass is 662 g/mol. The Morgan fingerprint density at radius 1 is 1.15 bits per heavy atom. The standard InChI is InChI=1S/C28H27IN2O7S/c1-6-37-27(34)23-16(3)30-28-31(24(23)18-9-7-15(2)8-10-18)26(33)21(39-28)13-17-11-19(29)25(20(12-17)35-4)38-14-22(32)36-5/h7-13,24H,6,14H2,1-5H3/b21-13+/t24-/m0/s1. The Morgan fingerprint density at radius 3 is 2.51 bits per heavy atom.